The van der Waals surface area contributed by atoms with E-state index in [2.05, 4.69) is 4.98 Å². The number of primary amides is 1. The first kappa shape index (κ1) is 23.8. The lowest BCUT2D eigenvalue weighted by atomic mass is 9.91. The van der Waals surface area contributed by atoms with E-state index in [4.69, 9.17) is 16.2 Å². The van der Waals surface area contributed by atoms with Gasteiger partial charge in [0.2, 0.25) is 5.91 Å². The lowest BCUT2D eigenvalue weighted by Gasteiger charge is -2.14. The highest BCUT2D eigenvalue weighted by Gasteiger charge is 2.30. The van der Waals surface area contributed by atoms with Gasteiger partial charge in [0.25, 0.3) is 0 Å². The molecule has 1 amide bonds. The molecule has 0 aliphatic heterocycles. The number of hydrogen-bond donors (Lipinski definition) is 2. The molecule has 5 nitrogen and oxygen atoms in total. The zero-order valence-electron chi connectivity index (χ0n) is 18.5. The molecule has 4 aromatic rings. The third-order valence-corrected chi connectivity index (χ3v) is 5.45. The molecule has 0 radical (unpaired) electrons. The van der Waals surface area contributed by atoms with Crippen LogP contribution < -0.4 is 16.2 Å². The number of nitrogens with two attached hydrogens (primary N) is 2. The zero-order valence-corrected chi connectivity index (χ0v) is 18.5. The van der Waals surface area contributed by atoms with Crippen LogP contribution in [0.2, 0.25) is 0 Å². The largest absolute Gasteiger partial charge is 0.493 e. The highest BCUT2D eigenvalue weighted by Crippen LogP contribution is 2.35. The summed E-state index contributed by atoms with van der Waals surface area (Å²) in [6.45, 7) is 0.408. The molecule has 178 valence electrons. The molecule has 0 aliphatic carbocycles. The average Bonchev–Trinajstić information content (AvgIpc) is 2.83. The Balaban J connectivity index is 1.56. The number of nitrogens with zero attached hydrogens (tertiary/aromatic N) is 1. The third-order valence-electron chi connectivity index (χ3n) is 5.45. The summed E-state index contributed by atoms with van der Waals surface area (Å²) in [7, 11) is 0. The average molecular weight is 477 g/mol. The van der Waals surface area contributed by atoms with Crippen LogP contribution in [0.15, 0.2) is 84.9 Å². The Kier molecular flexibility index (Phi) is 6.73. The van der Waals surface area contributed by atoms with Gasteiger partial charge in [0.1, 0.15) is 11.6 Å². The van der Waals surface area contributed by atoms with Gasteiger partial charge in [0.15, 0.2) is 0 Å². The van der Waals surface area contributed by atoms with Crippen molar-refractivity contribution in [1.29, 1.82) is 0 Å². The highest BCUT2D eigenvalue weighted by atomic mass is 19.4. The number of hydrogen-bond acceptors (Lipinski definition) is 4. The molecule has 1 heterocycles. The Morgan fingerprint density at radius 2 is 1.40 bits per heavy atom. The van der Waals surface area contributed by atoms with E-state index >= 15 is 0 Å². The number of halogens is 3. The van der Waals surface area contributed by atoms with Gasteiger partial charge in [-0.2, -0.15) is 13.2 Å². The van der Waals surface area contributed by atoms with E-state index < -0.39 is 17.6 Å². The Labute approximate surface area is 200 Å². The van der Waals surface area contributed by atoms with Gasteiger partial charge in [-0.1, -0.05) is 48.5 Å². The molecule has 0 spiro atoms. The van der Waals surface area contributed by atoms with E-state index in [1.54, 1.807) is 48.5 Å². The molecule has 4 rings (SSSR count). The maximum absolute atomic E-state index is 12.9. The highest BCUT2D eigenvalue weighted by molar-refractivity contribution is 6.06. The van der Waals surface area contributed by atoms with Crippen LogP contribution in [0, 0.1) is 0 Å². The van der Waals surface area contributed by atoms with Crippen LogP contribution >= 0.6 is 0 Å². The summed E-state index contributed by atoms with van der Waals surface area (Å²) in [5, 5.41) is 0. The number of anilines is 1. The van der Waals surface area contributed by atoms with Crippen LogP contribution in [0.4, 0.5) is 19.0 Å². The van der Waals surface area contributed by atoms with Gasteiger partial charge < -0.3 is 16.2 Å². The van der Waals surface area contributed by atoms with Gasteiger partial charge in [-0.05, 0) is 58.7 Å². The van der Waals surface area contributed by atoms with Crippen LogP contribution in [0.5, 0.6) is 5.75 Å². The maximum atomic E-state index is 12.9. The molecule has 0 bridgehead atoms. The van der Waals surface area contributed by atoms with Gasteiger partial charge >= 0.3 is 6.18 Å². The number of alkyl halides is 3. The zero-order chi connectivity index (χ0) is 25.0. The molecule has 4 N–H and O–H groups in total. The van der Waals surface area contributed by atoms with E-state index in [0.29, 0.717) is 41.3 Å². The van der Waals surface area contributed by atoms with Gasteiger partial charge in [-0.25, -0.2) is 4.98 Å². The fraction of sp³-hybridized carbons (Fsp3) is 0.111. The van der Waals surface area contributed by atoms with Gasteiger partial charge in [-0.15, -0.1) is 0 Å². The van der Waals surface area contributed by atoms with Crippen LogP contribution in [0.25, 0.3) is 22.3 Å². The number of carbonyl (C=O) groups is 1. The summed E-state index contributed by atoms with van der Waals surface area (Å²) in [5.74, 6) is 0.415. The van der Waals surface area contributed by atoms with E-state index in [9.17, 15) is 18.0 Å². The maximum Gasteiger partial charge on any atom is 0.416 e. The van der Waals surface area contributed by atoms with Crippen LogP contribution in [-0.2, 0) is 12.6 Å². The molecule has 0 saturated heterocycles. The first-order valence-electron chi connectivity index (χ1n) is 10.8. The topological polar surface area (TPSA) is 91.2 Å². The predicted molar refractivity (Wildman–Crippen MR) is 129 cm³/mol. The second kappa shape index (κ2) is 9.89. The first-order valence-corrected chi connectivity index (χ1v) is 10.8. The van der Waals surface area contributed by atoms with E-state index in [-0.39, 0.29) is 5.56 Å². The van der Waals surface area contributed by atoms with Crippen LogP contribution in [0.1, 0.15) is 21.6 Å². The number of carbonyl (C=O) groups excluding carboxylic acids is 1. The quantitative estimate of drug-likeness (QED) is 0.355. The Hall–Kier alpha value is -4.33. The first-order chi connectivity index (χ1) is 16.7. The standard InChI is InChI=1S/C27H22F3N3O2/c28-27(29,30)19-11-7-17(8-12-19)22-4-2-5-23(25(22)26(32)34)18-9-13-21(14-10-18)35-16-15-20-3-1-6-24(31)33-20/h1-14H,15-16H2,(H2,31,33)(H2,32,34). The smallest absolute Gasteiger partial charge is 0.416 e. The van der Waals surface area contributed by atoms with Crippen molar-refractivity contribution in [2.75, 3.05) is 12.3 Å². The van der Waals surface area contributed by atoms with Gasteiger partial charge in [-0.3, -0.25) is 4.79 Å². The summed E-state index contributed by atoms with van der Waals surface area (Å²) >= 11 is 0. The minimum Gasteiger partial charge on any atom is -0.493 e. The van der Waals surface area contributed by atoms with E-state index in [0.717, 1.165) is 23.4 Å². The molecule has 0 fully saturated rings. The molecule has 3 aromatic carbocycles. The molecule has 8 heteroatoms. The Morgan fingerprint density at radius 1 is 0.829 bits per heavy atom. The number of amides is 1. The number of aromatic nitrogens is 1. The fourth-order valence-electron chi connectivity index (χ4n) is 3.78. The summed E-state index contributed by atoms with van der Waals surface area (Å²) in [5.41, 5.74) is 13.9. The number of rotatable bonds is 7. The van der Waals surface area contributed by atoms with E-state index in [1.807, 2.05) is 12.1 Å². The summed E-state index contributed by atoms with van der Waals surface area (Å²) in [6.07, 6.45) is -3.85. The summed E-state index contributed by atoms with van der Waals surface area (Å²) in [4.78, 5) is 16.6. The summed E-state index contributed by atoms with van der Waals surface area (Å²) < 4.78 is 44.6. The number of pyridine rings is 1. The minimum absolute atomic E-state index is 0.230. The van der Waals surface area contributed by atoms with E-state index in [1.165, 1.54) is 12.1 Å². The molecule has 0 unspecified atom stereocenters. The molecule has 0 saturated carbocycles. The third kappa shape index (κ3) is 5.60. The normalized spacial score (nSPS) is 11.3. The van der Waals surface area contributed by atoms with Crippen molar-refractivity contribution in [3.63, 3.8) is 0 Å². The Bertz CT molecular complexity index is 1340. The second-order valence-corrected chi connectivity index (χ2v) is 7.84. The number of nitrogen functional groups attached to an aromatic ring is 1. The molecule has 1 aromatic heterocycles. The van der Waals surface area contributed by atoms with Crippen molar-refractivity contribution in [3.8, 4) is 28.0 Å². The predicted octanol–water partition coefficient (Wildman–Crippen LogP) is 5.74. The lowest BCUT2D eigenvalue weighted by molar-refractivity contribution is -0.137. The van der Waals surface area contributed by atoms with Gasteiger partial charge in [0.05, 0.1) is 17.7 Å². The van der Waals surface area contributed by atoms with Crippen molar-refractivity contribution in [2.24, 2.45) is 5.73 Å². The minimum atomic E-state index is -4.44. The van der Waals surface area contributed by atoms with Crippen molar-refractivity contribution >= 4 is 11.7 Å². The molecular formula is C27H22F3N3O2. The molecular weight excluding hydrogens is 455 g/mol. The molecule has 35 heavy (non-hydrogen) atoms. The monoisotopic (exact) mass is 477 g/mol. The Morgan fingerprint density at radius 3 is 1.94 bits per heavy atom. The fourth-order valence-corrected chi connectivity index (χ4v) is 3.78. The number of ether oxygens (including phenoxy) is 1. The van der Waals surface area contributed by atoms with Crippen molar-refractivity contribution in [3.05, 3.63) is 102 Å². The molecule has 0 aliphatic rings. The van der Waals surface area contributed by atoms with Crippen molar-refractivity contribution < 1.29 is 22.7 Å². The van der Waals surface area contributed by atoms with Crippen molar-refractivity contribution in [1.82, 2.24) is 4.98 Å². The molecule has 0 atom stereocenters. The summed E-state index contributed by atoms with van der Waals surface area (Å²) in [6, 6.07) is 22.3. The number of benzene rings is 3. The SMILES string of the molecule is NC(=O)c1c(-c2ccc(OCCc3cccc(N)n3)cc2)cccc1-c1ccc(C(F)(F)F)cc1. The lowest BCUT2D eigenvalue weighted by Crippen LogP contribution is -2.14. The van der Waals surface area contributed by atoms with Crippen LogP contribution in [0.3, 0.4) is 0 Å². The van der Waals surface area contributed by atoms with Gasteiger partial charge in [0, 0.05) is 12.1 Å². The van der Waals surface area contributed by atoms with Crippen LogP contribution in [-0.4, -0.2) is 17.5 Å². The second-order valence-electron chi connectivity index (χ2n) is 7.84. The van der Waals surface area contributed by atoms with Crippen molar-refractivity contribution in [2.45, 2.75) is 12.6 Å².